The van der Waals surface area contributed by atoms with Crippen molar-refractivity contribution < 1.29 is 19.5 Å². The summed E-state index contributed by atoms with van der Waals surface area (Å²) in [6.07, 6.45) is 8.68. The molecule has 3 amide bonds. The van der Waals surface area contributed by atoms with Crippen LogP contribution in [0.2, 0.25) is 0 Å². The Morgan fingerprint density at radius 3 is 2.44 bits per heavy atom. The van der Waals surface area contributed by atoms with Gasteiger partial charge in [0.1, 0.15) is 5.54 Å². The molecule has 7 heteroatoms. The van der Waals surface area contributed by atoms with E-state index in [4.69, 9.17) is 0 Å². The third-order valence-electron chi connectivity index (χ3n) is 5.87. The second kappa shape index (κ2) is 6.63. The number of carbonyl (C=O) groups excluding carboxylic acids is 2. The summed E-state index contributed by atoms with van der Waals surface area (Å²) in [6, 6.07) is 3.96. The predicted molar refractivity (Wildman–Crippen MR) is 92.0 cm³/mol. The number of H-pyrrole nitrogens is 1. The van der Waals surface area contributed by atoms with Crippen LogP contribution < -0.4 is 20.1 Å². The maximum Gasteiger partial charge on any atom is 0.329 e. The van der Waals surface area contributed by atoms with Crippen LogP contribution in [-0.4, -0.2) is 55.2 Å². The largest absolute Gasteiger partial charge is 0.360 e. The molecule has 3 fully saturated rings. The lowest BCUT2D eigenvalue weighted by Crippen LogP contribution is -3.16. The summed E-state index contributed by atoms with van der Waals surface area (Å²) in [5.41, 5.74) is 0.617. The van der Waals surface area contributed by atoms with Gasteiger partial charge in [-0.3, -0.25) is 4.79 Å². The zero-order valence-corrected chi connectivity index (χ0v) is 14.6. The Morgan fingerprint density at radius 1 is 1.08 bits per heavy atom. The van der Waals surface area contributed by atoms with Crippen LogP contribution in [0.1, 0.15) is 32.1 Å². The van der Waals surface area contributed by atoms with Crippen molar-refractivity contribution in [3.05, 3.63) is 24.5 Å². The fourth-order valence-corrected chi connectivity index (χ4v) is 4.37. The number of aromatic nitrogens is 1. The number of anilines is 1. The smallest absolute Gasteiger partial charge is 0.329 e. The topological polar surface area (TPSA) is 71.2 Å². The highest BCUT2D eigenvalue weighted by atomic mass is 16.2. The third kappa shape index (κ3) is 3.08. The van der Waals surface area contributed by atoms with Crippen molar-refractivity contribution in [2.24, 2.45) is 0 Å². The number of imide groups is 1. The summed E-state index contributed by atoms with van der Waals surface area (Å²) >= 11 is 0. The van der Waals surface area contributed by atoms with Crippen LogP contribution in [0.25, 0.3) is 0 Å². The average Bonchev–Trinajstić information content (AvgIpc) is 2.88. The quantitative estimate of drug-likeness (QED) is 0.720. The summed E-state index contributed by atoms with van der Waals surface area (Å²) in [5, 5.41) is 3.00. The van der Waals surface area contributed by atoms with Crippen molar-refractivity contribution in [3.8, 4) is 0 Å². The van der Waals surface area contributed by atoms with E-state index in [1.807, 2.05) is 12.4 Å². The standard InChI is InChI=1S/C18H25N5O2/c24-16-18(6-2-1-3-7-18)20-17(25)23(16)14-21-10-12-22(13-11-21)15-4-8-19-9-5-15/h4-5,8-9H,1-3,6-7,10-14H2,(H,20,25)/p+2. The van der Waals surface area contributed by atoms with Crippen LogP contribution in [0, 0.1) is 0 Å². The zero-order chi connectivity index (χ0) is 17.3. The minimum absolute atomic E-state index is 0.00530. The van der Waals surface area contributed by atoms with E-state index in [1.54, 1.807) is 0 Å². The fourth-order valence-electron chi connectivity index (χ4n) is 4.37. The first-order valence-electron chi connectivity index (χ1n) is 9.37. The van der Waals surface area contributed by atoms with E-state index in [2.05, 4.69) is 27.3 Å². The van der Waals surface area contributed by atoms with E-state index in [1.165, 1.54) is 15.5 Å². The lowest BCUT2D eigenvalue weighted by atomic mass is 9.82. The number of urea groups is 1. The molecule has 1 aromatic heterocycles. The molecule has 1 aromatic rings. The summed E-state index contributed by atoms with van der Waals surface area (Å²) in [4.78, 5) is 33.4. The van der Waals surface area contributed by atoms with Crippen molar-refractivity contribution in [1.29, 1.82) is 0 Å². The Labute approximate surface area is 148 Å². The number of pyridine rings is 1. The van der Waals surface area contributed by atoms with Crippen LogP contribution in [0.4, 0.5) is 10.5 Å². The van der Waals surface area contributed by atoms with E-state index in [0.717, 1.165) is 58.3 Å². The number of amides is 3. The molecule has 0 aromatic carbocycles. The molecule has 3 N–H and O–H groups in total. The molecule has 7 nitrogen and oxygen atoms in total. The normalized spacial score (nSPS) is 24.0. The van der Waals surface area contributed by atoms with Gasteiger partial charge in [-0.2, -0.15) is 0 Å². The van der Waals surface area contributed by atoms with Gasteiger partial charge in [0.2, 0.25) is 0 Å². The van der Waals surface area contributed by atoms with Gasteiger partial charge in [-0.05, 0) is 12.8 Å². The lowest BCUT2D eigenvalue weighted by molar-refractivity contribution is -0.907. The van der Waals surface area contributed by atoms with Crippen molar-refractivity contribution in [1.82, 2.24) is 10.2 Å². The van der Waals surface area contributed by atoms with E-state index in [0.29, 0.717) is 6.67 Å². The summed E-state index contributed by atoms with van der Waals surface area (Å²) in [6.45, 7) is 4.23. The van der Waals surface area contributed by atoms with Crippen molar-refractivity contribution in [3.63, 3.8) is 0 Å². The molecule has 0 atom stereocenters. The highest BCUT2D eigenvalue weighted by Gasteiger charge is 2.52. The molecular weight excluding hydrogens is 318 g/mol. The number of nitrogens with zero attached hydrogens (tertiary/aromatic N) is 2. The van der Waals surface area contributed by atoms with Gasteiger partial charge in [0.05, 0.1) is 26.2 Å². The Bertz CT molecular complexity index is 636. The Hall–Kier alpha value is -2.15. The van der Waals surface area contributed by atoms with Gasteiger partial charge in [0.15, 0.2) is 19.1 Å². The molecular formula is C18H27N5O2+2. The molecule has 0 radical (unpaired) electrons. The molecule has 0 unspecified atom stereocenters. The highest BCUT2D eigenvalue weighted by Crippen LogP contribution is 2.33. The summed E-state index contributed by atoms with van der Waals surface area (Å²) in [5.74, 6) is 0.00530. The van der Waals surface area contributed by atoms with Gasteiger partial charge in [0.25, 0.3) is 5.91 Å². The van der Waals surface area contributed by atoms with Crippen LogP contribution in [0.15, 0.2) is 24.5 Å². The monoisotopic (exact) mass is 345 g/mol. The minimum atomic E-state index is -0.600. The van der Waals surface area contributed by atoms with Crippen molar-refractivity contribution in [2.75, 3.05) is 37.7 Å². The molecule has 1 saturated carbocycles. The Balaban J connectivity index is 1.35. The number of piperazine rings is 1. The number of hydrogen-bond donors (Lipinski definition) is 2. The molecule has 1 aliphatic carbocycles. The average molecular weight is 345 g/mol. The fraction of sp³-hybridized carbons (Fsp3) is 0.611. The molecule has 134 valence electrons. The van der Waals surface area contributed by atoms with Gasteiger partial charge in [-0.15, -0.1) is 0 Å². The number of aromatic amines is 1. The van der Waals surface area contributed by atoms with Gasteiger partial charge in [-0.25, -0.2) is 14.7 Å². The van der Waals surface area contributed by atoms with Crippen molar-refractivity contribution >= 4 is 17.6 Å². The van der Waals surface area contributed by atoms with E-state index >= 15 is 0 Å². The first-order chi connectivity index (χ1) is 12.2. The number of rotatable bonds is 3. The molecule has 25 heavy (non-hydrogen) atoms. The Morgan fingerprint density at radius 2 is 1.76 bits per heavy atom. The molecule has 3 aliphatic rings. The van der Waals surface area contributed by atoms with E-state index in [-0.39, 0.29) is 11.9 Å². The van der Waals surface area contributed by atoms with E-state index < -0.39 is 5.54 Å². The summed E-state index contributed by atoms with van der Waals surface area (Å²) < 4.78 is 0. The van der Waals surface area contributed by atoms with Crippen LogP contribution in [0.5, 0.6) is 0 Å². The molecule has 0 bridgehead atoms. The molecule has 1 spiro atoms. The molecule has 3 heterocycles. The second-order valence-electron chi connectivity index (χ2n) is 7.46. The first kappa shape index (κ1) is 16.3. The summed E-state index contributed by atoms with van der Waals surface area (Å²) in [7, 11) is 0. The highest BCUT2D eigenvalue weighted by molar-refractivity contribution is 6.06. The molecule has 4 rings (SSSR count). The van der Waals surface area contributed by atoms with Crippen LogP contribution >= 0.6 is 0 Å². The van der Waals surface area contributed by atoms with Gasteiger partial charge in [-0.1, -0.05) is 19.3 Å². The number of quaternary nitrogens is 1. The maximum absolute atomic E-state index is 12.9. The lowest BCUT2D eigenvalue weighted by Gasteiger charge is -2.35. The SMILES string of the molecule is O=C1NC2(CCCCC2)C(=O)N1C[NH+]1CCN(c2cc[nH+]cc2)CC1. The van der Waals surface area contributed by atoms with Crippen LogP contribution in [-0.2, 0) is 4.79 Å². The van der Waals surface area contributed by atoms with Gasteiger partial charge >= 0.3 is 6.03 Å². The third-order valence-corrected chi connectivity index (χ3v) is 5.87. The first-order valence-corrected chi connectivity index (χ1v) is 9.37. The van der Waals surface area contributed by atoms with E-state index in [9.17, 15) is 9.59 Å². The molecule has 2 saturated heterocycles. The number of hydrogen-bond acceptors (Lipinski definition) is 3. The Kier molecular flexibility index (Phi) is 4.33. The maximum atomic E-state index is 12.9. The molecule has 2 aliphatic heterocycles. The minimum Gasteiger partial charge on any atom is -0.360 e. The van der Waals surface area contributed by atoms with Crippen molar-refractivity contribution in [2.45, 2.75) is 37.6 Å². The number of carbonyl (C=O) groups is 2. The van der Waals surface area contributed by atoms with Gasteiger partial charge < -0.3 is 15.1 Å². The van der Waals surface area contributed by atoms with Gasteiger partial charge in [0, 0.05) is 17.8 Å². The predicted octanol–water partition coefficient (Wildman–Crippen LogP) is -0.582. The zero-order valence-electron chi connectivity index (χ0n) is 14.6. The number of nitrogens with one attached hydrogen (secondary N) is 3. The van der Waals surface area contributed by atoms with Crippen LogP contribution in [0.3, 0.4) is 0 Å². The second-order valence-corrected chi connectivity index (χ2v) is 7.46.